The summed E-state index contributed by atoms with van der Waals surface area (Å²) in [5.74, 6) is 0.964. The monoisotopic (exact) mass is 219 g/mol. The first-order chi connectivity index (χ1) is 7.68. The van der Waals surface area contributed by atoms with E-state index in [2.05, 4.69) is 37.5 Å². The van der Waals surface area contributed by atoms with Crippen LogP contribution in [0.15, 0.2) is 24.3 Å². The summed E-state index contributed by atoms with van der Waals surface area (Å²) in [6, 6.07) is 9.17. The van der Waals surface area contributed by atoms with E-state index >= 15 is 0 Å². The third-order valence-electron chi connectivity index (χ3n) is 3.92. The van der Waals surface area contributed by atoms with Gasteiger partial charge < -0.3 is 10.1 Å². The minimum atomic E-state index is 0.308. The maximum absolute atomic E-state index is 5.30. The van der Waals surface area contributed by atoms with E-state index in [1.807, 2.05) is 6.07 Å². The molecule has 0 spiro atoms. The van der Waals surface area contributed by atoms with E-state index in [1.54, 1.807) is 7.11 Å². The number of hydrogen-bond donors (Lipinski definition) is 1. The lowest BCUT2D eigenvalue weighted by atomic mass is 9.81. The zero-order valence-corrected chi connectivity index (χ0v) is 10.4. The van der Waals surface area contributed by atoms with Crippen molar-refractivity contribution in [2.24, 2.45) is 0 Å². The van der Waals surface area contributed by atoms with Gasteiger partial charge in [-0.2, -0.15) is 0 Å². The van der Waals surface area contributed by atoms with E-state index in [9.17, 15) is 0 Å². The van der Waals surface area contributed by atoms with Crippen molar-refractivity contribution in [3.63, 3.8) is 0 Å². The third-order valence-corrected chi connectivity index (χ3v) is 3.92. The van der Waals surface area contributed by atoms with Gasteiger partial charge in [0.15, 0.2) is 0 Å². The van der Waals surface area contributed by atoms with Crippen LogP contribution in [0.1, 0.15) is 31.7 Å². The van der Waals surface area contributed by atoms with Crippen LogP contribution in [0.2, 0.25) is 0 Å². The highest BCUT2D eigenvalue weighted by Gasteiger charge is 2.35. The number of ether oxygens (including phenoxy) is 1. The van der Waals surface area contributed by atoms with Crippen molar-refractivity contribution >= 4 is 0 Å². The Balaban J connectivity index is 2.22. The molecule has 0 radical (unpaired) electrons. The summed E-state index contributed by atoms with van der Waals surface area (Å²) < 4.78 is 5.30. The first kappa shape index (κ1) is 11.5. The number of methoxy groups -OCH3 is 1. The van der Waals surface area contributed by atoms with Crippen molar-refractivity contribution in [1.82, 2.24) is 5.32 Å². The van der Waals surface area contributed by atoms with E-state index < -0.39 is 0 Å². The van der Waals surface area contributed by atoms with Gasteiger partial charge in [-0.05, 0) is 49.4 Å². The summed E-state index contributed by atoms with van der Waals surface area (Å²) >= 11 is 0. The van der Waals surface area contributed by atoms with Crippen LogP contribution in [-0.4, -0.2) is 20.2 Å². The van der Waals surface area contributed by atoms with Gasteiger partial charge in [-0.15, -0.1) is 0 Å². The SMILES string of the molecule is CNC1CCC(C)(c2cccc(OC)c2)C1. The Kier molecular flexibility index (Phi) is 3.20. The van der Waals surface area contributed by atoms with Crippen molar-refractivity contribution in [3.8, 4) is 5.75 Å². The van der Waals surface area contributed by atoms with Gasteiger partial charge in [-0.25, -0.2) is 0 Å². The molecule has 2 unspecified atom stereocenters. The van der Waals surface area contributed by atoms with E-state index in [0.717, 1.165) is 5.75 Å². The number of benzene rings is 1. The first-order valence-corrected chi connectivity index (χ1v) is 6.00. The molecule has 1 aromatic carbocycles. The molecule has 0 heterocycles. The topological polar surface area (TPSA) is 21.3 Å². The lowest BCUT2D eigenvalue weighted by Gasteiger charge is -2.25. The van der Waals surface area contributed by atoms with Crippen molar-refractivity contribution in [3.05, 3.63) is 29.8 Å². The van der Waals surface area contributed by atoms with Gasteiger partial charge in [0, 0.05) is 6.04 Å². The molecule has 1 aliphatic carbocycles. The zero-order valence-electron chi connectivity index (χ0n) is 10.4. The molecule has 1 N–H and O–H groups in total. The van der Waals surface area contributed by atoms with Crippen LogP contribution < -0.4 is 10.1 Å². The Morgan fingerprint density at radius 3 is 2.88 bits per heavy atom. The van der Waals surface area contributed by atoms with Gasteiger partial charge in [-0.1, -0.05) is 19.1 Å². The Morgan fingerprint density at radius 1 is 1.44 bits per heavy atom. The highest BCUT2D eigenvalue weighted by Crippen LogP contribution is 2.41. The molecule has 0 bridgehead atoms. The number of rotatable bonds is 3. The molecule has 0 amide bonds. The van der Waals surface area contributed by atoms with Crippen molar-refractivity contribution in [2.75, 3.05) is 14.2 Å². The first-order valence-electron chi connectivity index (χ1n) is 6.00. The molecule has 2 atom stereocenters. The molecular weight excluding hydrogens is 198 g/mol. The van der Waals surface area contributed by atoms with Crippen LogP contribution in [0, 0.1) is 0 Å². The molecular formula is C14H21NO. The second-order valence-corrected chi connectivity index (χ2v) is 5.02. The van der Waals surface area contributed by atoms with Crippen LogP contribution in [0.4, 0.5) is 0 Å². The molecule has 2 heteroatoms. The maximum Gasteiger partial charge on any atom is 0.119 e. The second kappa shape index (κ2) is 4.46. The van der Waals surface area contributed by atoms with Gasteiger partial charge in [-0.3, -0.25) is 0 Å². The fourth-order valence-electron chi connectivity index (χ4n) is 2.75. The zero-order chi connectivity index (χ0) is 11.6. The van der Waals surface area contributed by atoms with Crippen LogP contribution in [0.25, 0.3) is 0 Å². The molecule has 88 valence electrons. The van der Waals surface area contributed by atoms with Gasteiger partial charge >= 0.3 is 0 Å². The Labute approximate surface area is 98.0 Å². The molecule has 2 nitrogen and oxygen atoms in total. The molecule has 1 fully saturated rings. The summed E-state index contributed by atoms with van der Waals surface area (Å²) in [4.78, 5) is 0. The third kappa shape index (κ3) is 2.07. The highest BCUT2D eigenvalue weighted by molar-refractivity contribution is 5.34. The second-order valence-electron chi connectivity index (χ2n) is 5.02. The van der Waals surface area contributed by atoms with Crippen LogP contribution in [-0.2, 0) is 5.41 Å². The Bertz CT molecular complexity index is 364. The normalized spacial score (nSPS) is 29.3. The van der Waals surface area contributed by atoms with Crippen molar-refractivity contribution in [1.29, 1.82) is 0 Å². The Hall–Kier alpha value is -1.02. The summed E-state index contributed by atoms with van der Waals surface area (Å²) in [6.07, 6.45) is 3.74. The molecule has 0 saturated heterocycles. The average molecular weight is 219 g/mol. The molecule has 2 rings (SSSR count). The van der Waals surface area contributed by atoms with E-state index in [0.29, 0.717) is 11.5 Å². The predicted octanol–water partition coefficient (Wildman–Crippen LogP) is 2.72. The van der Waals surface area contributed by atoms with Gasteiger partial charge in [0.2, 0.25) is 0 Å². The van der Waals surface area contributed by atoms with Crippen LogP contribution >= 0.6 is 0 Å². The number of hydrogen-bond acceptors (Lipinski definition) is 2. The minimum absolute atomic E-state index is 0.308. The summed E-state index contributed by atoms with van der Waals surface area (Å²) in [6.45, 7) is 2.36. The number of nitrogens with one attached hydrogen (secondary N) is 1. The Morgan fingerprint density at radius 2 is 2.25 bits per heavy atom. The average Bonchev–Trinajstić information content (AvgIpc) is 2.73. The lowest BCUT2D eigenvalue weighted by Crippen LogP contribution is -2.25. The van der Waals surface area contributed by atoms with Gasteiger partial charge in [0.25, 0.3) is 0 Å². The smallest absolute Gasteiger partial charge is 0.119 e. The fraction of sp³-hybridized carbons (Fsp3) is 0.571. The maximum atomic E-state index is 5.30. The fourth-order valence-corrected chi connectivity index (χ4v) is 2.75. The molecule has 0 aliphatic heterocycles. The molecule has 0 aromatic heterocycles. The molecule has 1 aromatic rings. The molecule has 16 heavy (non-hydrogen) atoms. The minimum Gasteiger partial charge on any atom is -0.497 e. The van der Waals surface area contributed by atoms with Gasteiger partial charge in [0.05, 0.1) is 7.11 Å². The van der Waals surface area contributed by atoms with Crippen molar-refractivity contribution < 1.29 is 4.74 Å². The predicted molar refractivity (Wildman–Crippen MR) is 67.0 cm³/mol. The van der Waals surface area contributed by atoms with E-state index in [1.165, 1.54) is 24.8 Å². The summed E-state index contributed by atoms with van der Waals surface area (Å²) in [5, 5.41) is 3.39. The molecule has 1 saturated carbocycles. The lowest BCUT2D eigenvalue weighted by molar-refractivity contribution is 0.409. The quantitative estimate of drug-likeness (QED) is 0.844. The van der Waals surface area contributed by atoms with Crippen molar-refractivity contribution in [2.45, 2.75) is 37.6 Å². The van der Waals surface area contributed by atoms with Crippen LogP contribution in [0.3, 0.4) is 0 Å². The highest BCUT2D eigenvalue weighted by atomic mass is 16.5. The van der Waals surface area contributed by atoms with Crippen LogP contribution in [0.5, 0.6) is 5.75 Å². The van der Waals surface area contributed by atoms with E-state index in [4.69, 9.17) is 4.74 Å². The molecule has 1 aliphatic rings. The van der Waals surface area contributed by atoms with Gasteiger partial charge in [0.1, 0.15) is 5.75 Å². The summed E-state index contributed by atoms with van der Waals surface area (Å²) in [7, 11) is 3.79. The largest absolute Gasteiger partial charge is 0.497 e. The van der Waals surface area contributed by atoms with E-state index in [-0.39, 0.29) is 0 Å². The summed E-state index contributed by atoms with van der Waals surface area (Å²) in [5.41, 5.74) is 1.71. The standard InChI is InChI=1S/C14H21NO/c1-14(8-7-12(10-14)15-2)11-5-4-6-13(9-11)16-3/h4-6,9,12,15H,7-8,10H2,1-3H3.